The minimum atomic E-state index is -4.74. The third kappa shape index (κ3) is 4.28. The molecular formula is C17H10ClF4NO4S. The Morgan fingerprint density at radius 3 is 2.64 bits per heavy atom. The second-order valence-corrected chi connectivity index (χ2v) is 6.59. The van der Waals surface area contributed by atoms with E-state index in [2.05, 4.69) is 9.11 Å². The number of carbonyl (C=O) groups excluding carboxylic acids is 1. The molecule has 28 heavy (non-hydrogen) atoms. The second kappa shape index (κ2) is 7.80. The Bertz CT molecular complexity index is 1010. The topological polar surface area (TPSA) is 57.7 Å². The van der Waals surface area contributed by atoms with Gasteiger partial charge in [-0.15, -0.1) is 0 Å². The number of ether oxygens (including phenoxy) is 3. The summed E-state index contributed by atoms with van der Waals surface area (Å²) in [7, 11) is 1.21. The van der Waals surface area contributed by atoms with E-state index in [-0.39, 0.29) is 18.2 Å². The number of aromatic nitrogens is 1. The Labute approximate surface area is 164 Å². The molecule has 0 aliphatic heterocycles. The number of alkyl halides is 3. The minimum Gasteiger partial charge on any atom is -0.466 e. The summed E-state index contributed by atoms with van der Waals surface area (Å²) < 4.78 is 72.1. The third-order valence-corrected chi connectivity index (χ3v) is 4.60. The van der Waals surface area contributed by atoms with Crippen molar-refractivity contribution < 1.29 is 36.6 Å². The SMILES string of the molecule is COC(=O)COc1nsc2ccc(Oc3c(F)cc(C(F)(F)F)cc3Cl)cc12. The number of methoxy groups -OCH3 is 1. The van der Waals surface area contributed by atoms with E-state index >= 15 is 0 Å². The van der Waals surface area contributed by atoms with Crippen LogP contribution >= 0.6 is 23.1 Å². The molecule has 0 saturated carbocycles. The van der Waals surface area contributed by atoms with Gasteiger partial charge in [-0.25, -0.2) is 9.18 Å². The zero-order chi connectivity index (χ0) is 20.5. The van der Waals surface area contributed by atoms with Crippen molar-refractivity contribution in [3.8, 4) is 17.4 Å². The first-order valence-electron chi connectivity index (χ1n) is 7.52. The molecule has 0 bridgehead atoms. The van der Waals surface area contributed by atoms with E-state index < -0.39 is 34.3 Å². The molecular weight excluding hydrogens is 426 g/mol. The summed E-state index contributed by atoms with van der Waals surface area (Å²) >= 11 is 6.86. The zero-order valence-electron chi connectivity index (χ0n) is 14.0. The van der Waals surface area contributed by atoms with Crippen LogP contribution in [0.3, 0.4) is 0 Å². The standard InChI is InChI=1S/C17H10ClF4NO4S/c1-25-14(24)7-26-16-10-6-9(2-3-13(10)28-23-16)27-15-11(18)4-8(5-12(15)19)17(20,21)22/h2-6H,7H2,1H3. The van der Waals surface area contributed by atoms with Crippen LogP contribution in [0.1, 0.15) is 5.56 Å². The van der Waals surface area contributed by atoms with Gasteiger partial charge in [0.2, 0.25) is 5.88 Å². The summed E-state index contributed by atoms with van der Waals surface area (Å²) in [5.74, 6) is -2.18. The molecule has 0 radical (unpaired) electrons. The summed E-state index contributed by atoms with van der Waals surface area (Å²) in [5, 5.41) is -0.0622. The van der Waals surface area contributed by atoms with Crippen molar-refractivity contribution in [1.82, 2.24) is 4.37 Å². The lowest BCUT2D eigenvalue weighted by atomic mass is 10.2. The molecule has 0 fully saturated rings. The van der Waals surface area contributed by atoms with E-state index in [9.17, 15) is 22.4 Å². The maximum atomic E-state index is 14.1. The van der Waals surface area contributed by atoms with Crippen LogP contribution in [0.15, 0.2) is 30.3 Å². The average molecular weight is 436 g/mol. The monoisotopic (exact) mass is 435 g/mol. The predicted molar refractivity (Wildman–Crippen MR) is 93.6 cm³/mol. The van der Waals surface area contributed by atoms with Crippen LogP contribution in [0.5, 0.6) is 17.4 Å². The molecule has 11 heteroatoms. The van der Waals surface area contributed by atoms with Gasteiger partial charge >= 0.3 is 12.1 Å². The molecule has 0 saturated heterocycles. The highest BCUT2D eigenvalue weighted by molar-refractivity contribution is 7.13. The van der Waals surface area contributed by atoms with Gasteiger partial charge in [-0.05, 0) is 41.9 Å². The van der Waals surface area contributed by atoms with Crippen LogP contribution in [-0.2, 0) is 15.7 Å². The molecule has 0 aliphatic rings. The molecule has 3 aromatic rings. The molecule has 0 amide bonds. The van der Waals surface area contributed by atoms with Gasteiger partial charge in [-0.2, -0.15) is 17.5 Å². The predicted octanol–water partition coefficient (Wildman–Crippen LogP) is 5.45. The average Bonchev–Trinajstić information content (AvgIpc) is 3.04. The van der Waals surface area contributed by atoms with Crippen LogP contribution in [0.4, 0.5) is 17.6 Å². The number of benzene rings is 2. The Hall–Kier alpha value is -2.59. The van der Waals surface area contributed by atoms with Crippen molar-refractivity contribution in [3.05, 3.63) is 46.7 Å². The quantitative estimate of drug-likeness (QED) is 0.394. The summed E-state index contributed by atoms with van der Waals surface area (Å²) in [4.78, 5) is 11.2. The van der Waals surface area contributed by atoms with Crippen LogP contribution in [0.2, 0.25) is 5.02 Å². The Balaban J connectivity index is 1.90. The highest BCUT2D eigenvalue weighted by atomic mass is 35.5. The molecule has 0 unspecified atom stereocenters. The number of hydrogen-bond acceptors (Lipinski definition) is 6. The first-order chi connectivity index (χ1) is 13.2. The molecule has 1 heterocycles. The third-order valence-electron chi connectivity index (χ3n) is 3.51. The number of halogens is 5. The van der Waals surface area contributed by atoms with E-state index in [1.165, 1.54) is 19.2 Å². The van der Waals surface area contributed by atoms with Gasteiger partial charge < -0.3 is 14.2 Å². The summed E-state index contributed by atoms with van der Waals surface area (Å²) in [5.41, 5.74) is -1.22. The Morgan fingerprint density at radius 1 is 1.25 bits per heavy atom. The highest BCUT2D eigenvalue weighted by Gasteiger charge is 2.32. The van der Waals surface area contributed by atoms with Crippen molar-refractivity contribution in [1.29, 1.82) is 0 Å². The van der Waals surface area contributed by atoms with Crippen molar-refractivity contribution in [2.75, 3.05) is 13.7 Å². The van der Waals surface area contributed by atoms with E-state index in [1.807, 2.05) is 0 Å². The molecule has 148 valence electrons. The van der Waals surface area contributed by atoms with E-state index in [4.69, 9.17) is 21.1 Å². The van der Waals surface area contributed by atoms with Gasteiger partial charge in [0.25, 0.3) is 0 Å². The number of nitrogens with zero attached hydrogens (tertiary/aromatic N) is 1. The summed E-state index contributed by atoms with van der Waals surface area (Å²) in [6.07, 6.45) is -4.74. The zero-order valence-corrected chi connectivity index (χ0v) is 15.5. The second-order valence-electron chi connectivity index (χ2n) is 5.38. The number of carbonyl (C=O) groups is 1. The van der Waals surface area contributed by atoms with E-state index in [0.717, 1.165) is 11.5 Å². The lowest BCUT2D eigenvalue weighted by Crippen LogP contribution is -2.12. The van der Waals surface area contributed by atoms with Crippen LogP contribution in [-0.4, -0.2) is 24.1 Å². The fourth-order valence-corrected chi connectivity index (χ4v) is 3.14. The maximum absolute atomic E-state index is 14.1. The van der Waals surface area contributed by atoms with Crippen LogP contribution in [0.25, 0.3) is 10.1 Å². The van der Waals surface area contributed by atoms with Gasteiger partial charge in [-0.3, -0.25) is 0 Å². The van der Waals surface area contributed by atoms with Crippen molar-refractivity contribution in [2.45, 2.75) is 6.18 Å². The number of esters is 1. The fourth-order valence-electron chi connectivity index (χ4n) is 2.19. The van der Waals surface area contributed by atoms with Crippen molar-refractivity contribution in [3.63, 3.8) is 0 Å². The molecule has 0 N–H and O–H groups in total. The Kier molecular flexibility index (Phi) is 5.61. The van der Waals surface area contributed by atoms with Gasteiger partial charge in [0, 0.05) is 0 Å². The molecule has 0 atom stereocenters. The minimum absolute atomic E-state index is 0.0937. The van der Waals surface area contributed by atoms with E-state index in [1.54, 1.807) is 6.07 Å². The number of hydrogen-bond donors (Lipinski definition) is 0. The van der Waals surface area contributed by atoms with Crippen molar-refractivity contribution in [2.24, 2.45) is 0 Å². The molecule has 1 aromatic heterocycles. The summed E-state index contributed by atoms with van der Waals surface area (Å²) in [6, 6.07) is 5.40. The van der Waals surface area contributed by atoms with Crippen molar-refractivity contribution >= 4 is 39.2 Å². The smallest absolute Gasteiger partial charge is 0.416 e. The first kappa shape index (κ1) is 20.2. The van der Waals surface area contributed by atoms with Crippen LogP contribution < -0.4 is 9.47 Å². The highest BCUT2D eigenvalue weighted by Crippen LogP contribution is 2.40. The summed E-state index contributed by atoms with van der Waals surface area (Å²) in [6.45, 7) is -0.361. The Morgan fingerprint density at radius 2 is 2.00 bits per heavy atom. The molecule has 2 aromatic carbocycles. The molecule has 0 spiro atoms. The first-order valence-corrected chi connectivity index (χ1v) is 8.67. The van der Waals surface area contributed by atoms with Crippen LogP contribution in [0, 0.1) is 5.82 Å². The van der Waals surface area contributed by atoms with Gasteiger partial charge in [0.05, 0.1) is 27.8 Å². The lowest BCUT2D eigenvalue weighted by molar-refractivity contribution is -0.143. The fraction of sp³-hybridized carbons (Fsp3) is 0.176. The maximum Gasteiger partial charge on any atom is 0.416 e. The molecule has 3 rings (SSSR count). The van der Waals surface area contributed by atoms with Gasteiger partial charge in [-0.1, -0.05) is 11.6 Å². The number of fused-ring (bicyclic) bond motifs is 1. The molecule has 0 aliphatic carbocycles. The lowest BCUT2D eigenvalue weighted by Gasteiger charge is -2.12. The number of rotatable bonds is 5. The largest absolute Gasteiger partial charge is 0.466 e. The van der Waals surface area contributed by atoms with E-state index in [0.29, 0.717) is 22.2 Å². The van der Waals surface area contributed by atoms with Gasteiger partial charge in [0.1, 0.15) is 5.75 Å². The van der Waals surface area contributed by atoms with Gasteiger partial charge in [0.15, 0.2) is 18.2 Å². The molecule has 5 nitrogen and oxygen atoms in total. The normalized spacial score (nSPS) is 11.5.